The Morgan fingerprint density at radius 2 is 1.88 bits per heavy atom. The van der Waals surface area contributed by atoms with Gasteiger partial charge in [-0.15, -0.1) is 23.2 Å². The maximum absolute atomic E-state index is 10.5. The van der Waals surface area contributed by atoms with Gasteiger partial charge in [0.25, 0.3) is 0 Å². The molecule has 16 heavy (non-hydrogen) atoms. The summed E-state index contributed by atoms with van der Waals surface area (Å²) in [5, 5.41) is 16.2. The Labute approximate surface area is 104 Å². The van der Waals surface area contributed by atoms with E-state index in [1.165, 1.54) is 0 Å². The van der Waals surface area contributed by atoms with Gasteiger partial charge in [-0.05, 0) is 6.92 Å². The molecule has 0 bridgehead atoms. The second-order valence-electron chi connectivity index (χ2n) is 2.60. The number of rotatable bonds is 6. The van der Waals surface area contributed by atoms with Crippen LogP contribution in [-0.4, -0.2) is 40.2 Å². The summed E-state index contributed by atoms with van der Waals surface area (Å²) < 4.78 is 4.49. The monoisotopic (exact) mass is 274 g/mol. The van der Waals surface area contributed by atoms with Crippen LogP contribution in [0.4, 0.5) is 0 Å². The van der Waals surface area contributed by atoms with Gasteiger partial charge in [0.15, 0.2) is 0 Å². The van der Waals surface area contributed by atoms with E-state index in [2.05, 4.69) is 4.74 Å². The fourth-order valence-electron chi connectivity index (χ4n) is 0.540. The lowest BCUT2D eigenvalue weighted by atomic mass is 10.3. The van der Waals surface area contributed by atoms with Crippen LogP contribution >= 0.6 is 23.2 Å². The molecule has 0 aromatic heterocycles. The Hall–Kier alpha value is -0.520. The van der Waals surface area contributed by atoms with Crippen LogP contribution in [0.15, 0.2) is 0 Å². The quantitative estimate of drug-likeness (QED) is 0.568. The Bertz CT molecular complexity index is 196. The zero-order chi connectivity index (χ0) is 13.0. The van der Waals surface area contributed by atoms with Crippen LogP contribution in [0, 0.1) is 0 Å². The van der Waals surface area contributed by atoms with Gasteiger partial charge in [0.2, 0.25) is 0 Å². The van der Waals surface area contributed by atoms with Crippen LogP contribution in [0.3, 0.4) is 0 Å². The summed E-state index contributed by atoms with van der Waals surface area (Å²) in [5.74, 6) is -1.43. The first-order valence-electron chi connectivity index (χ1n) is 4.70. The summed E-state index contributed by atoms with van der Waals surface area (Å²) in [6.45, 7) is 2.05. The van der Waals surface area contributed by atoms with Crippen molar-refractivity contribution in [3.8, 4) is 0 Å². The maximum Gasteiger partial charge on any atom is 0.306 e. The van der Waals surface area contributed by atoms with Crippen molar-refractivity contribution < 1.29 is 24.5 Å². The number of aliphatic carboxylic acids is 1. The lowest BCUT2D eigenvalue weighted by Gasteiger charge is -1.97. The van der Waals surface area contributed by atoms with Crippen molar-refractivity contribution in [3.63, 3.8) is 0 Å². The van der Waals surface area contributed by atoms with E-state index in [1.807, 2.05) is 0 Å². The first-order chi connectivity index (χ1) is 7.43. The van der Waals surface area contributed by atoms with E-state index in [4.69, 9.17) is 33.4 Å². The van der Waals surface area contributed by atoms with E-state index >= 15 is 0 Å². The molecule has 0 aromatic rings. The van der Waals surface area contributed by atoms with Crippen molar-refractivity contribution in [2.75, 3.05) is 13.2 Å². The Kier molecular flexibility index (Phi) is 14.0. The number of ether oxygens (including phenoxy) is 1. The van der Waals surface area contributed by atoms with Gasteiger partial charge >= 0.3 is 11.9 Å². The number of hydrogen-bond acceptors (Lipinski definition) is 4. The smallest absolute Gasteiger partial charge is 0.306 e. The van der Waals surface area contributed by atoms with E-state index in [9.17, 15) is 9.59 Å². The van der Waals surface area contributed by atoms with Crippen molar-refractivity contribution in [1.82, 2.24) is 0 Å². The highest BCUT2D eigenvalue weighted by molar-refractivity contribution is 6.44. The highest BCUT2D eigenvalue weighted by atomic mass is 35.5. The number of carbonyl (C=O) groups is 2. The number of esters is 1. The first kappa shape index (κ1) is 17.9. The number of carboxylic acid groups (broad SMARTS) is 1. The van der Waals surface area contributed by atoms with Gasteiger partial charge in [-0.25, -0.2) is 0 Å². The molecule has 0 aliphatic carbocycles. The topological polar surface area (TPSA) is 83.8 Å². The number of aliphatic hydroxyl groups is 1. The average molecular weight is 275 g/mol. The summed E-state index contributed by atoms with van der Waals surface area (Å²) >= 11 is 10.4. The predicted molar refractivity (Wildman–Crippen MR) is 60.7 cm³/mol. The fraction of sp³-hybridized carbons (Fsp3) is 0.778. The van der Waals surface area contributed by atoms with Crippen LogP contribution in [-0.2, 0) is 14.3 Å². The normalized spacial score (nSPS) is 9.31. The summed E-state index contributed by atoms with van der Waals surface area (Å²) in [6.07, 6.45) is 0.269. The minimum absolute atomic E-state index is 0.0385. The number of hydrogen-bond donors (Lipinski definition) is 2. The van der Waals surface area contributed by atoms with Gasteiger partial charge in [-0.1, -0.05) is 0 Å². The minimum Gasteiger partial charge on any atom is -0.481 e. The summed E-state index contributed by atoms with van der Waals surface area (Å²) in [4.78, 5) is 20.0. The molecule has 0 rings (SSSR count). The molecule has 0 fully saturated rings. The van der Waals surface area contributed by atoms with Crippen molar-refractivity contribution in [2.45, 2.75) is 31.0 Å². The zero-order valence-electron chi connectivity index (χ0n) is 8.99. The molecule has 0 saturated carbocycles. The number of carboxylic acids is 1. The molecular weight excluding hydrogens is 259 g/mol. The molecular formula is C9H16Cl2O5. The van der Waals surface area contributed by atoms with Crippen LogP contribution in [0.1, 0.15) is 26.2 Å². The van der Waals surface area contributed by atoms with Gasteiger partial charge < -0.3 is 14.9 Å². The van der Waals surface area contributed by atoms with E-state index < -0.39 is 16.8 Å². The molecule has 0 heterocycles. The standard InChI is InChI=1S/C6H10O4.C3H6Cl2O/c1-2-10-6(9)4-3-5(7)8;4-3(5)1-2-6/h2-4H2,1H3,(H,7,8);3,6H,1-2H2. The summed E-state index contributed by atoms with van der Waals surface area (Å²) in [5.41, 5.74) is 0. The van der Waals surface area contributed by atoms with Gasteiger partial charge in [-0.3, -0.25) is 9.59 Å². The SMILES string of the molecule is CCOC(=O)CCC(=O)O.OCCC(Cl)Cl. The molecule has 0 aliphatic rings. The summed E-state index contributed by atoms with van der Waals surface area (Å²) in [6, 6.07) is 0. The summed E-state index contributed by atoms with van der Waals surface area (Å²) in [7, 11) is 0. The molecule has 5 nitrogen and oxygen atoms in total. The van der Waals surface area contributed by atoms with E-state index in [-0.39, 0.29) is 19.4 Å². The molecule has 0 saturated heterocycles. The molecule has 0 unspecified atom stereocenters. The molecule has 0 spiro atoms. The minimum atomic E-state index is -0.979. The number of alkyl halides is 2. The maximum atomic E-state index is 10.5. The second kappa shape index (κ2) is 12.5. The highest BCUT2D eigenvalue weighted by Gasteiger charge is 2.04. The Morgan fingerprint density at radius 1 is 1.31 bits per heavy atom. The third-order valence-electron chi connectivity index (χ3n) is 1.20. The number of aliphatic hydroxyl groups excluding tert-OH is 1. The van der Waals surface area contributed by atoms with Crippen LogP contribution in [0.2, 0.25) is 0 Å². The number of halogens is 2. The Balaban J connectivity index is 0. The van der Waals surface area contributed by atoms with Crippen LogP contribution in [0.5, 0.6) is 0 Å². The lowest BCUT2D eigenvalue weighted by Crippen LogP contribution is -2.06. The predicted octanol–water partition coefficient (Wildman–Crippen LogP) is 1.59. The molecule has 0 amide bonds. The van der Waals surface area contributed by atoms with Gasteiger partial charge in [-0.2, -0.15) is 0 Å². The molecule has 0 atom stereocenters. The van der Waals surface area contributed by atoms with E-state index in [0.717, 1.165) is 0 Å². The van der Waals surface area contributed by atoms with Crippen molar-refractivity contribution >= 4 is 35.1 Å². The Morgan fingerprint density at radius 3 is 2.12 bits per heavy atom. The van der Waals surface area contributed by atoms with Crippen molar-refractivity contribution in [2.24, 2.45) is 0 Å². The molecule has 0 aliphatic heterocycles. The third kappa shape index (κ3) is 19.1. The van der Waals surface area contributed by atoms with E-state index in [1.54, 1.807) is 6.92 Å². The van der Waals surface area contributed by atoms with Crippen LogP contribution in [0.25, 0.3) is 0 Å². The van der Waals surface area contributed by atoms with E-state index in [0.29, 0.717) is 13.0 Å². The average Bonchev–Trinajstić information content (AvgIpc) is 2.16. The molecule has 7 heteroatoms. The van der Waals surface area contributed by atoms with Crippen LogP contribution < -0.4 is 0 Å². The van der Waals surface area contributed by atoms with Gasteiger partial charge in [0, 0.05) is 13.0 Å². The van der Waals surface area contributed by atoms with Gasteiger partial charge in [0.1, 0.15) is 4.84 Å². The lowest BCUT2D eigenvalue weighted by molar-refractivity contribution is -0.147. The van der Waals surface area contributed by atoms with Gasteiger partial charge in [0.05, 0.1) is 19.4 Å². The molecule has 0 radical (unpaired) electrons. The number of carbonyl (C=O) groups excluding carboxylic acids is 1. The fourth-order valence-corrected chi connectivity index (χ4v) is 0.735. The first-order valence-corrected chi connectivity index (χ1v) is 5.57. The largest absolute Gasteiger partial charge is 0.481 e. The molecule has 0 aromatic carbocycles. The second-order valence-corrected chi connectivity index (χ2v) is 3.88. The molecule has 96 valence electrons. The van der Waals surface area contributed by atoms with Crippen molar-refractivity contribution in [3.05, 3.63) is 0 Å². The van der Waals surface area contributed by atoms with Crippen molar-refractivity contribution in [1.29, 1.82) is 0 Å². The third-order valence-corrected chi connectivity index (χ3v) is 1.63. The molecule has 2 N–H and O–H groups in total. The zero-order valence-corrected chi connectivity index (χ0v) is 10.5. The highest BCUT2D eigenvalue weighted by Crippen LogP contribution is 2.04.